The van der Waals surface area contributed by atoms with E-state index >= 15 is 0 Å². The van der Waals surface area contributed by atoms with Crippen LogP contribution in [0.2, 0.25) is 0 Å². The summed E-state index contributed by atoms with van der Waals surface area (Å²) in [6.45, 7) is 1.39. The van der Waals surface area contributed by atoms with Gasteiger partial charge in [0.25, 0.3) is 5.56 Å². The Balaban J connectivity index is 1.87. The summed E-state index contributed by atoms with van der Waals surface area (Å²) >= 11 is 0. The van der Waals surface area contributed by atoms with E-state index in [9.17, 15) is 18.7 Å². The van der Waals surface area contributed by atoms with E-state index in [4.69, 9.17) is 4.74 Å². The van der Waals surface area contributed by atoms with Crippen molar-refractivity contribution in [1.29, 1.82) is 0 Å². The van der Waals surface area contributed by atoms with Crippen LogP contribution in [0.5, 0.6) is 5.75 Å². The molecule has 0 aliphatic heterocycles. The monoisotopic (exact) mass is 426 g/mol. The number of halogens is 2. The third kappa shape index (κ3) is 3.68. The third-order valence-corrected chi connectivity index (χ3v) is 5.51. The lowest BCUT2D eigenvalue weighted by atomic mass is 9.86. The highest BCUT2D eigenvalue weighted by Crippen LogP contribution is 2.36. The van der Waals surface area contributed by atoms with E-state index < -0.39 is 23.3 Å². The average Bonchev–Trinajstić information content (AvgIpc) is 3.25. The van der Waals surface area contributed by atoms with Gasteiger partial charge in [0.2, 0.25) is 0 Å². The van der Waals surface area contributed by atoms with E-state index in [2.05, 4.69) is 10.1 Å². The van der Waals surface area contributed by atoms with Crippen molar-refractivity contribution >= 4 is 10.8 Å². The number of fused-ring (bicyclic) bond motifs is 1. The maximum Gasteiger partial charge on any atom is 0.258 e. The zero-order chi connectivity index (χ0) is 22.2. The molecule has 0 saturated carbocycles. The van der Waals surface area contributed by atoms with Crippen LogP contribution in [0.3, 0.4) is 0 Å². The molecule has 0 amide bonds. The first-order valence-corrected chi connectivity index (χ1v) is 9.52. The molecule has 0 aliphatic rings. The zero-order valence-electron chi connectivity index (χ0n) is 16.9. The van der Waals surface area contributed by atoms with Gasteiger partial charge in [0, 0.05) is 23.2 Å². The topological polar surface area (TPSA) is 82.2 Å². The maximum atomic E-state index is 14.7. The van der Waals surface area contributed by atoms with Crippen molar-refractivity contribution in [2.45, 2.75) is 25.1 Å². The number of methoxy groups -OCH3 is 1. The van der Waals surface area contributed by atoms with Gasteiger partial charge in [-0.1, -0.05) is 6.07 Å². The number of rotatable bonds is 6. The van der Waals surface area contributed by atoms with Gasteiger partial charge in [0.1, 0.15) is 35.6 Å². The molecule has 0 unspecified atom stereocenters. The van der Waals surface area contributed by atoms with Crippen molar-refractivity contribution in [3.8, 4) is 5.75 Å². The Morgan fingerprint density at radius 2 is 2.00 bits per heavy atom. The molecule has 9 heteroatoms. The molecule has 160 valence electrons. The van der Waals surface area contributed by atoms with Crippen LogP contribution in [0, 0.1) is 11.6 Å². The van der Waals surface area contributed by atoms with Crippen LogP contribution in [0.1, 0.15) is 18.5 Å². The van der Waals surface area contributed by atoms with Crippen LogP contribution in [-0.4, -0.2) is 31.5 Å². The predicted octanol–water partition coefficient (Wildman–Crippen LogP) is 3.03. The summed E-state index contributed by atoms with van der Waals surface area (Å²) in [6, 6.07) is 8.75. The summed E-state index contributed by atoms with van der Waals surface area (Å²) in [5.74, 6) is -1.09. The van der Waals surface area contributed by atoms with E-state index in [1.807, 2.05) is 0 Å². The number of benzene rings is 2. The second-order valence-corrected chi connectivity index (χ2v) is 7.30. The lowest BCUT2D eigenvalue weighted by Gasteiger charge is -2.35. The van der Waals surface area contributed by atoms with Crippen LogP contribution in [0.25, 0.3) is 10.8 Å². The van der Waals surface area contributed by atoms with Gasteiger partial charge in [-0.05, 0) is 42.6 Å². The van der Waals surface area contributed by atoms with Gasteiger partial charge in [-0.15, -0.1) is 0 Å². The Hall–Kier alpha value is -3.59. The van der Waals surface area contributed by atoms with E-state index in [0.29, 0.717) is 22.6 Å². The quantitative estimate of drug-likeness (QED) is 0.513. The fourth-order valence-electron chi connectivity index (χ4n) is 3.75. The molecule has 31 heavy (non-hydrogen) atoms. The minimum Gasteiger partial charge on any atom is -0.497 e. The molecule has 7 nitrogen and oxygen atoms in total. The molecule has 0 spiro atoms. The number of pyridine rings is 1. The molecule has 4 aromatic rings. The average molecular weight is 426 g/mol. The van der Waals surface area contributed by atoms with E-state index in [0.717, 1.165) is 6.07 Å². The van der Waals surface area contributed by atoms with Crippen molar-refractivity contribution in [2.75, 3.05) is 7.11 Å². The SMILES string of the molecule is COc1ccc2c(=O)n([C@H](C)[C@](O)(Cn3cncn3)c3ccc(F)cc3F)ccc2c1. The first-order valence-electron chi connectivity index (χ1n) is 9.52. The number of nitrogens with zero attached hydrogens (tertiary/aromatic N) is 4. The summed E-state index contributed by atoms with van der Waals surface area (Å²) in [5, 5.41) is 16.8. The highest BCUT2D eigenvalue weighted by atomic mass is 19.1. The second-order valence-electron chi connectivity index (χ2n) is 7.30. The summed E-state index contributed by atoms with van der Waals surface area (Å²) in [4.78, 5) is 17.1. The van der Waals surface area contributed by atoms with Gasteiger partial charge in [0.05, 0.1) is 19.7 Å². The van der Waals surface area contributed by atoms with Crippen molar-refractivity contribution in [3.63, 3.8) is 0 Å². The number of aliphatic hydroxyl groups is 1. The highest BCUT2D eigenvalue weighted by molar-refractivity contribution is 5.82. The van der Waals surface area contributed by atoms with Gasteiger partial charge in [-0.2, -0.15) is 5.10 Å². The Morgan fingerprint density at radius 3 is 2.68 bits per heavy atom. The molecule has 2 atom stereocenters. The standard InChI is InChI=1S/C22H20F2N4O3/c1-14(28-8-7-15-9-17(31-2)4-5-18(15)21(28)29)22(30,11-27-13-25-12-26-27)19-6-3-16(23)10-20(19)24/h3-10,12-14,30H,11H2,1-2H3/t14-,22-/m1/s1. The number of hydrogen-bond acceptors (Lipinski definition) is 5. The van der Waals surface area contributed by atoms with Crippen molar-refractivity contribution in [1.82, 2.24) is 19.3 Å². The van der Waals surface area contributed by atoms with E-state index in [1.165, 1.54) is 41.3 Å². The molecule has 2 aromatic carbocycles. The van der Waals surface area contributed by atoms with Crippen molar-refractivity contribution in [2.24, 2.45) is 0 Å². The number of aromatic nitrogens is 4. The molecule has 0 aliphatic carbocycles. The maximum absolute atomic E-state index is 14.7. The van der Waals surface area contributed by atoms with Gasteiger partial charge in [-0.25, -0.2) is 18.4 Å². The van der Waals surface area contributed by atoms with Gasteiger partial charge < -0.3 is 14.4 Å². The van der Waals surface area contributed by atoms with Gasteiger partial charge in [-0.3, -0.25) is 4.79 Å². The molecule has 1 N–H and O–H groups in total. The lowest BCUT2D eigenvalue weighted by molar-refractivity contribution is -0.0340. The molecule has 0 radical (unpaired) electrons. The first-order chi connectivity index (χ1) is 14.8. The Kier molecular flexibility index (Phi) is 5.28. The largest absolute Gasteiger partial charge is 0.497 e. The Labute approximate surface area is 176 Å². The Bertz CT molecular complexity index is 1290. The number of ether oxygens (including phenoxy) is 1. The van der Waals surface area contributed by atoms with Crippen LogP contribution in [0.4, 0.5) is 8.78 Å². The molecule has 0 bridgehead atoms. The fraction of sp³-hybridized carbons (Fsp3) is 0.227. The minimum atomic E-state index is -1.94. The molecule has 4 rings (SSSR count). The smallest absolute Gasteiger partial charge is 0.258 e. The van der Waals surface area contributed by atoms with Gasteiger partial charge >= 0.3 is 0 Å². The summed E-state index contributed by atoms with van der Waals surface area (Å²) in [7, 11) is 1.53. The van der Waals surface area contributed by atoms with Crippen molar-refractivity contribution < 1.29 is 18.6 Å². The second kappa shape index (κ2) is 7.92. The predicted molar refractivity (Wildman–Crippen MR) is 110 cm³/mol. The molecule has 0 fully saturated rings. The minimum absolute atomic E-state index is 0.154. The summed E-state index contributed by atoms with van der Waals surface area (Å²) in [5.41, 5.74) is -2.46. The van der Waals surface area contributed by atoms with Gasteiger partial charge in [0.15, 0.2) is 0 Å². The van der Waals surface area contributed by atoms with Crippen LogP contribution >= 0.6 is 0 Å². The zero-order valence-corrected chi connectivity index (χ0v) is 16.9. The molecule has 2 heterocycles. The lowest BCUT2D eigenvalue weighted by Crippen LogP contribution is -2.43. The highest BCUT2D eigenvalue weighted by Gasteiger charge is 2.40. The molecule has 0 saturated heterocycles. The summed E-state index contributed by atoms with van der Waals surface area (Å²) < 4.78 is 36.1. The molecular formula is C22H20F2N4O3. The van der Waals surface area contributed by atoms with E-state index in [1.54, 1.807) is 31.2 Å². The van der Waals surface area contributed by atoms with Crippen LogP contribution in [-0.2, 0) is 12.1 Å². The summed E-state index contributed by atoms with van der Waals surface area (Å²) in [6.07, 6.45) is 4.18. The molecular weight excluding hydrogens is 406 g/mol. The van der Waals surface area contributed by atoms with Crippen LogP contribution in [0.15, 0.2) is 66.1 Å². The van der Waals surface area contributed by atoms with Crippen molar-refractivity contribution in [3.05, 3.63) is 88.9 Å². The first kappa shape index (κ1) is 20.7. The fourth-order valence-corrected chi connectivity index (χ4v) is 3.75. The third-order valence-electron chi connectivity index (χ3n) is 5.51. The normalized spacial score (nSPS) is 14.4. The Morgan fingerprint density at radius 1 is 1.19 bits per heavy atom. The number of hydrogen-bond donors (Lipinski definition) is 1. The molecule has 2 aromatic heterocycles. The van der Waals surface area contributed by atoms with Crippen LogP contribution < -0.4 is 10.3 Å². The van der Waals surface area contributed by atoms with E-state index in [-0.39, 0.29) is 17.7 Å².